The van der Waals surface area contributed by atoms with Gasteiger partial charge in [0.1, 0.15) is 5.00 Å². The van der Waals surface area contributed by atoms with Crippen molar-refractivity contribution < 1.29 is 14.3 Å². The van der Waals surface area contributed by atoms with Crippen LogP contribution in [0.1, 0.15) is 77.3 Å². The van der Waals surface area contributed by atoms with Crippen LogP contribution >= 0.6 is 23.6 Å². The number of hydrogen-bond donors (Lipinski definition) is 2. The molecule has 0 bridgehead atoms. The number of rotatable bonds is 6. The highest BCUT2D eigenvalue weighted by molar-refractivity contribution is 7.80. The molecule has 2 N–H and O–H groups in total. The highest BCUT2D eigenvalue weighted by atomic mass is 32.1. The average Bonchev–Trinajstić information content (AvgIpc) is 3.11. The summed E-state index contributed by atoms with van der Waals surface area (Å²) < 4.78 is 5.35. The summed E-state index contributed by atoms with van der Waals surface area (Å²) in [5.74, 6) is -0.0608. The van der Waals surface area contributed by atoms with Gasteiger partial charge in [0.25, 0.3) is 5.91 Å². The summed E-state index contributed by atoms with van der Waals surface area (Å²) in [6, 6.07) is 7.28. The minimum Gasteiger partial charge on any atom is -0.462 e. The standard InChI is InChI=1S/C25H32N2O3S2/c1-6-25(4,5)17-12-13-18-19(14-17)32-22(20(18)23(29)30-7-2)27-24(31)26-21(28)16-10-8-15(3)9-11-16/h8-11,17H,6-7,12-14H2,1-5H3,(H2,26,27,28,31)/t17-/m0/s1. The van der Waals surface area contributed by atoms with Crippen LogP contribution in [0.4, 0.5) is 5.00 Å². The number of benzene rings is 1. The van der Waals surface area contributed by atoms with Crippen molar-refractivity contribution in [1.82, 2.24) is 5.32 Å². The molecular weight excluding hydrogens is 440 g/mol. The number of nitrogens with one attached hydrogen (secondary N) is 2. The SMILES string of the molecule is CCOC(=O)c1c(NC(=S)NC(=O)c2ccc(C)cc2)sc2c1CC[C@H](C(C)(C)CC)C2. The molecule has 1 atom stereocenters. The Bertz CT molecular complexity index is 1010. The van der Waals surface area contributed by atoms with Gasteiger partial charge in [-0.2, -0.15) is 0 Å². The third-order valence-corrected chi connectivity index (χ3v) is 7.90. The van der Waals surface area contributed by atoms with Crippen LogP contribution in [0.3, 0.4) is 0 Å². The lowest BCUT2D eigenvalue weighted by Gasteiger charge is -2.36. The molecule has 3 rings (SSSR count). The molecule has 0 saturated heterocycles. The molecule has 32 heavy (non-hydrogen) atoms. The van der Waals surface area contributed by atoms with Crippen LogP contribution in [0.2, 0.25) is 0 Å². The molecule has 1 heterocycles. The van der Waals surface area contributed by atoms with Crippen molar-refractivity contribution in [3.05, 3.63) is 51.4 Å². The number of thiophene rings is 1. The number of anilines is 1. The smallest absolute Gasteiger partial charge is 0.341 e. The maximum absolute atomic E-state index is 12.8. The predicted octanol–water partition coefficient (Wildman–Crippen LogP) is 5.90. The molecular formula is C25H32N2O3S2. The fraction of sp³-hybridized carbons (Fsp3) is 0.480. The zero-order valence-corrected chi connectivity index (χ0v) is 21.1. The maximum Gasteiger partial charge on any atom is 0.341 e. The van der Waals surface area contributed by atoms with Gasteiger partial charge in [0.2, 0.25) is 0 Å². The van der Waals surface area contributed by atoms with Crippen LogP contribution in [-0.4, -0.2) is 23.6 Å². The Morgan fingerprint density at radius 3 is 2.53 bits per heavy atom. The Morgan fingerprint density at radius 1 is 1.22 bits per heavy atom. The molecule has 1 aliphatic carbocycles. The Hall–Kier alpha value is -2.25. The Kier molecular flexibility index (Phi) is 7.72. The van der Waals surface area contributed by atoms with Crippen LogP contribution in [0, 0.1) is 18.3 Å². The number of amides is 1. The second kappa shape index (κ2) is 10.1. The molecule has 1 amide bonds. The van der Waals surface area contributed by atoms with E-state index in [1.807, 2.05) is 19.1 Å². The molecule has 7 heteroatoms. The van der Waals surface area contributed by atoms with Gasteiger partial charge in [-0.3, -0.25) is 10.1 Å². The molecule has 5 nitrogen and oxygen atoms in total. The van der Waals surface area contributed by atoms with Crippen LogP contribution in [0.5, 0.6) is 0 Å². The fourth-order valence-electron chi connectivity index (χ4n) is 4.06. The fourth-order valence-corrected chi connectivity index (χ4v) is 5.64. The molecule has 1 aromatic heterocycles. The number of thiocarbonyl (C=S) groups is 1. The molecule has 0 radical (unpaired) electrons. The van der Waals surface area contributed by atoms with Gasteiger partial charge in [-0.1, -0.05) is 44.9 Å². The van der Waals surface area contributed by atoms with Crippen molar-refractivity contribution in [3.8, 4) is 0 Å². The summed E-state index contributed by atoms with van der Waals surface area (Å²) in [5.41, 5.74) is 3.48. The molecule has 2 aromatic rings. The first kappa shape index (κ1) is 24.4. The average molecular weight is 473 g/mol. The third kappa shape index (κ3) is 5.38. The monoisotopic (exact) mass is 472 g/mol. The normalized spacial score (nSPS) is 15.6. The molecule has 0 fully saturated rings. The van der Waals surface area contributed by atoms with E-state index >= 15 is 0 Å². The van der Waals surface area contributed by atoms with Gasteiger partial charge in [-0.25, -0.2) is 4.79 Å². The van der Waals surface area contributed by atoms with E-state index in [1.165, 1.54) is 4.88 Å². The number of esters is 1. The van der Waals surface area contributed by atoms with Crippen molar-refractivity contribution >= 4 is 45.5 Å². The van der Waals surface area contributed by atoms with Crippen molar-refractivity contribution in [2.24, 2.45) is 11.3 Å². The van der Waals surface area contributed by atoms with Crippen LogP contribution in [-0.2, 0) is 17.6 Å². The van der Waals surface area contributed by atoms with E-state index in [4.69, 9.17) is 17.0 Å². The first-order chi connectivity index (χ1) is 15.2. The summed E-state index contributed by atoms with van der Waals surface area (Å²) in [6.07, 6.45) is 3.95. The van der Waals surface area contributed by atoms with Crippen molar-refractivity contribution in [3.63, 3.8) is 0 Å². The van der Waals surface area contributed by atoms with E-state index in [0.29, 0.717) is 28.7 Å². The molecule has 172 valence electrons. The summed E-state index contributed by atoms with van der Waals surface area (Å²) in [6.45, 7) is 10.9. The number of ether oxygens (including phenoxy) is 1. The molecule has 0 saturated carbocycles. The minimum absolute atomic E-state index is 0.171. The van der Waals surface area contributed by atoms with Gasteiger partial charge in [0.15, 0.2) is 5.11 Å². The van der Waals surface area contributed by atoms with E-state index < -0.39 is 0 Å². The van der Waals surface area contributed by atoms with Crippen LogP contribution in [0.25, 0.3) is 0 Å². The van der Waals surface area contributed by atoms with Gasteiger partial charge < -0.3 is 10.1 Å². The number of carbonyl (C=O) groups excluding carboxylic acids is 2. The molecule has 0 spiro atoms. The number of aryl methyl sites for hydroxylation is 1. The topological polar surface area (TPSA) is 67.4 Å². The quantitative estimate of drug-likeness (QED) is 0.405. The van der Waals surface area contributed by atoms with E-state index in [9.17, 15) is 9.59 Å². The van der Waals surface area contributed by atoms with Gasteiger partial charge in [-0.15, -0.1) is 11.3 Å². The lowest BCUT2D eigenvalue weighted by molar-refractivity contribution is 0.0526. The van der Waals surface area contributed by atoms with Crippen LogP contribution < -0.4 is 10.6 Å². The van der Waals surface area contributed by atoms with Gasteiger partial charge in [0.05, 0.1) is 12.2 Å². The van der Waals surface area contributed by atoms with E-state index in [2.05, 4.69) is 31.4 Å². The minimum atomic E-state index is -0.339. The molecule has 0 aliphatic heterocycles. The maximum atomic E-state index is 12.8. The van der Waals surface area contributed by atoms with Gasteiger partial charge in [-0.05, 0) is 74.4 Å². The van der Waals surface area contributed by atoms with Gasteiger partial charge >= 0.3 is 5.97 Å². The van der Waals surface area contributed by atoms with Crippen molar-refractivity contribution in [1.29, 1.82) is 0 Å². The number of hydrogen-bond acceptors (Lipinski definition) is 5. The van der Waals surface area contributed by atoms with Crippen LogP contribution in [0.15, 0.2) is 24.3 Å². The van der Waals surface area contributed by atoms with E-state index in [0.717, 1.165) is 36.8 Å². The predicted molar refractivity (Wildman–Crippen MR) is 135 cm³/mol. The Morgan fingerprint density at radius 2 is 1.91 bits per heavy atom. The number of carbonyl (C=O) groups is 2. The third-order valence-electron chi connectivity index (χ3n) is 6.53. The summed E-state index contributed by atoms with van der Waals surface area (Å²) >= 11 is 6.95. The summed E-state index contributed by atoms with van der Waals surface area (Å²) in [7, 11) is 0. The zero-order chi connectivity index (χ0) is 23.5. The highest BCUT2D eigenvalue weighted by Crippen LogP contribution is 2.45. The molecule has 1 aromatic carbocycles. The molecule has 0 unspecified atom stereocenters. The number of fused-ring (bicyclic) bond motifs is 1. The Labute approximate surface area is 199 Å². The summed E-state index contributed by atoms with van der Waals surface area (Å²) in [5, 5.41) is 6.65. The first-order valence-electron chi connectivity index (χ1n) is 11.2. The van der Waals surface area contributed by atoms with Crippen molar-refractivity contribution in [2.75, 3.05) is 11.9 Å². The van der Waals surface area contributed by atoms with E-state index in [1.54, 1.807) is 30.4 Å². The zero-order valence-electron chi connectivity index (χ0n) is 19.5. The van der Waals surface area contributed by atoms with Gasteiger partial charge in [0, 0.05) is 10.4 Å². The lowest BCUT2D eigenvalue weighted by atomic mass is 9.69. The second-order valence-electron chi connectivity index (χ2n) is 8.98. The highest BCUT2D eigenvalue weighted by Gasteiger charge is 2.35. The summed E-state index contributed by atoms with van der Waals surface area (Å²) in [4.78, 5) is 26.5. The largest absolute Gasteiger partial charge is 0.462 e. The second-order valence-corrected chi connectivity index (χ2v) is 10.5. The lowest BCUT2D eigenvalue weighted by Crippen LogP contribution is -2.34. The first-order valence-corrected chi connectivity index (χ1v) is 12.4. The van der Waals surface area contributed by atoms with Crippen molar-refractivity contribution in [2.45, 2.75) is 60.3 Å². The van der Waals surface area contributed by atoms with E-state index in [-0.39, 0.29) is 22.4 Å². The Balaban J connectivity index is 1.82. The molecule has 1 aliphatic rings.